The monoisotopic (exact) mass is 937 g/mol. The second-order valence-corrected chi connectivity index (χ2v) is 19.6. The van der Waals surface area contributed by atoms with Gasteiger partial charge in [-0.15, -0.1) is 11.3 Å². The van der Waals surface area contributed by atoms with Crippen LogP contribution in [0.2, 0.25) is 0 Å². The Morgan fingerprint density at radius 2 is 1.45 bits per heavy atom. The molecular formula is C67H59N3S. The van der Waals surface area contributed by atoms with Crippen LogP contribution in [-0.2, 0) is 6.42 Å². The lowest BCUT2D eigenvalue weighted by molar-refractivity contribution is 0.494. The van der Waals surface area contributed by atoms with Crippen molar-refractivity contribution in [3.05, 3.63) is 267 Å². The molecule has 0 radical (unpaired) electrons. The van der Waals surface area contributed by atoms with Gasteiger partial charge in [-0.05, 0) is 136 Å². The van der Waals surface area contributed by atoms with E-state index >= 15 is 0 Å². The van der Waals surface area contributed by atoms with Crippen molar-refractivity contribution in [3.8, 4) is 33.4 Å². The number of benzene rings is 7. The lowest BCUT2D eigenvalue weighted by Gasteiger charge is -2.36. The maximum Gasteiger partial charge on any atom is 0.146 e. The molecule has 2 aliphatic rings. The van der Waals surface area contributed by atoms with Crippen molar-refractivity contribution in [2.45, 2.75) is 53.1 Å². The zero-order chi connectivity index (χ0) is 49.2. The number of aryl methyl sites for hydroxylation is 1. The molecule has 1 unspecified atom stereocenters. The van der Waals surface area contributed by atoms with Gasteiger partial charge in [0.15, 0.2) is 0 Å². The van der Waals surface area contributed by atoms with Gasteiger partial charge in [0.25, 0.3) is 0 Å². The van der Waals surface area contributed by atoms with Crippen molar-refractivity contribution in [2.24, 2.45) is 4.99 Å². The molecule has 4 heteroatoms. The van der Waals surface area contributed by atoms with Gasteiger partial charge in [0.05, 0.1) is 5.70 Å². The van der Waals surface area contributed by atoms with Crippen LogP contribution in [-0.4, -0.2) is 10.6 Å². The van der Waals surface area contributed by atoms with Crippen LogP contribution < -0.4 is 15.1 Å². The highest BCUT2D eigenvalue weighted by Gasteiger charge is 2.29. The van der Waals surface area contributed by atoms with Crippen LogP contribution >= 0.6 is 11.3 Å². The van der Waals surface area contributed by atoms with Gasteiger partial charge in [0, 0.05) is 42.4 Å². The summed E-state index contributed by atoms with van der Waals surface area (Å²) in [7, 11) is 0. The average Bonchev–Trinajstić information content (AvgIpc) is 3.94. The predicted octanol–water partition coefficient (Wildman–Crippen LogP) is 16.2. The molecule has 1 aromatic heterocycles. The molecule has 3 nitrogen and oxygen atoms in total. The molecule has 0 bridgehead atoms. The average molecular weight is 938 g/mol. The molecule has 0 saturated carbocycles. The van der Waals surface area contributed by atoms with E-state index in [9.17, 15) is 0 Å². The summed E-state index contributed by atoms with van der Waals surface area (Å²) >= 11 is 1.74. The van der Waals surface area contributed by atoms with Crippen molar-refractivity contribution in [3.63, 3.8) is 0 Å². The van der Waals surface area contributed by atoms with Crippen molar-refractivity contribution >= 4 is 57.1 Å². The van der Waals surface area contributed by atoms with Crippen LogP contribution in [0.15, 0.2) is 218 Å². The number of nitrogens with one attached hydrogen (secondary N) is 1. The Kier molecular flexibility index (Phi) is 13.2. The second kappa shape index (κ2) is 20.1. The van der Waals surface area contributed by atoms with Gasteiger partial charge in [-0.3, -0.25) is 9.89 Å². The van der Waals surface area contributed by atoms with Gasteiger partial charge in [0.1, 0.15) is 12.0 Å². The molecule has 1 aliphatic carbocycles. The van der Waals surface area contributed by atoms with E-state index in [1.54, 1.807) is 11.3 Å². The highest BCUT2D eigenvalue weighted by Crippen LogP contribution is 2.43. The molecule has 10 rings (SSSR count). The van der Waals surface area contributed by atoms with Crippen LogP contribution in [0.4, 0.5) is 0 Å². The minimum atomic E-state index is -0.462. The van der Waals surface area contributed by atoms with Gasteiger partial charge in [0.2, 0.25) is 0 Å². The third-order valence-electron chi connectivity index (χ3n) is 14.0. The number of nitrogens with zero attached hydrogens (tertiary/aromatic N) is 2. The van der Waals surface area contributed by atoms with E-state index in [0.29, 0.717) is 5.82 Å². The van der Waals surface area contributed by atoms with E-state index in [4.69, 9.17) is 18.2 Å². The standard InChI is InChI=1S/C67H59N3S/c1-9-22-60-46(7)71-64-38-43(4)37-63(65(60)64)55-32-21-30-52(40-55)51-29-20-31-53(39-51)58(11-3)66-48(10-2)27-19-28-50-25-15-17-33-59(50)45(6)70(66)47(8)69-67(68-44(5)49-23-13-12-14-24-49)56-35-36-62-57(42-56)41-54-26-16-18-34-61(54)62/h9,11-26,28-40,42,67,69H,1,6-8,10,27,41H2,2-5H3/b28-19-,58-11-,60-22+,66-48-,68-44+. The fraction of sp³-hybridized carbons (Fsp3) is 0.119. The molecule has 8 aromatic rings. The molecule has 1 atom stereocenters. The third-order valence-corrected chi connectivity index (χ3v) is 15.0. The first kappa shape index (κ1) is 46.7. The number of hydrogen-bond donors (Lipinski definition) is 1. The highest BCUT2D eigenvalue weighted by atomic mass is 32.1. The van der Waals surface area contributed by atoms with Crippen molar-refractivity contribution in [1.29, 1.82) is 0 Å². The third kappa shape index (κ3) is 9.15. The Morgan fingerprint density at radius 3 is 2.24 bits per heavy atom. The molecule has 7 aromatic carbocycles. The molecule has 71 heavy (non-hydrogen) atoms. The Hall–Kier alpha value is -8.05. The van der Waals surface area contributed by atoms with Crippen LogP contribution in [0.1, 0.15) is 84.3 Å². The first-order valence-electron chi connectivity index (χ1n) is 24.6. The summed E-state index contributed by atoms with van der Waals surface area (Å²) in [6.07, 6.45) is 12.7. The second-order valence-electron chi connectivity index (χ2n) is 18.5. The zero-order valence-electron chi connectivity index (χ0n) is 41.2. The van der Waals surface area contributed by atoms with E-state index in [2.05, 4.69) is 227 Å². The summed E-state index contributed by atoms with van der Waals surface area (Å²) in [6.45, 7) is 27.0. The molecule has 0 spiro atoms. The minimum Gasteiger partial charge on any atom is -0.346 e. The Morgan fingerprint density at radius 1 is 0.746 bits per heavy atom. The predicted molar refractivity (Wildman–Crippen MR) is 307 cm³/mol. The van der Waals surface area contributed by atoms with Crippen molar-refractivity contribution in [2.75, 3.05) is 0 Å². The van der Waals surface area contributed by atoms with Gasteiger partial charge < -0.3 is 5.32 Å². The van der Waals surface area contributed by atoms with E-state index < -0.39 is 6.17 Å². The largest absolute Gasteiger partial charge is 0.346 e. The number of thiophene rings is 1. The number of aliphatic imine (C=N–C) groups is 1. The lowest BCUT2D eigenvalue weighted by atomic mass is 9.91. The highest BCUT2D eigenvalue weighted by molar-refractivity contribution is 7.17. The molecule has 2 heterocycles. The maximum absolute atomic E-state index is 5.49. The van der Waals surface area contributed by atoms with Crippen LogP contribution in [0.5, 0.6) is 0 Å². The van der Waals surface area contributed by atoms with E-state index in [1.165, 1.54) is 54.6 Å². The van der Waals surface area contributed by atoms with E-state index in [0.717, 1.165) is 90.6 Å². The lowest BCUT2D eigenvalue weighted by Crippen LogP contribution is -2.33. The van der Waals surface area contributed by atoms with E-state index in [1.807, 2.05) is 12.1 Å². The van der Waals surface area contributed by atoms with Crippen molar-refractivity contribution in [1.82, 2.24) is 10.2 Å². The molecular weight excluding hydrogens is 879 g/mol. The fourth-order valence-corrected chi connectivity index (χ4v) is 11.6. The topological polar surface area (TPSA) is 27.6 Å². The minimum absolute atomic E-state index is 0.462. The van der Waals surface area contributed by atoms with Gasteiger partial charge >= 0.3 is 0 Å². The first-order chi connectivity index (χ1) is 34.6. The quantitative estimate of drug-likeness (QED) is 0.124. The Balaban J connectivity index is 1.08. The van der Waals surface area contributed by atoms with Gasteiger partial charge in [-0.25, -0.2) is 0 Å². The number of allylic oxidation sites excluding steroid dienone is 5. The molecule has 1 N–H and O–H groups in total. The summed E-state index contributed by atoms with van der Waals surface area (Å²) in [4.78, 5) is 7.76. The number of rotatable bonds is 12. The van der Waals surface area contributed by atoms with Crippen LogP contribution in [0, 0.1) is 6.92 Å². The summed E-state index contributed by atoms with van der Waals surface area (Å²) in [5, 5.41) is 6.29. The SMILES string of the molecule is C=C/C=c1\c(=C)sc2cc(C)cc(-c3cccc(-c4cccc(C(=C/C)/C5=C(\CC)C/C=C\c6ccccc6C(=C)N5C(=C)NC(/N=C(\C)c5ccccc5)c5ccc6c(c5)Cc5ccccc5-6)c4)c3)c12. The fourth-order valence-electron chi connectivity index (χ4n) is 10.5. The van der Waals surface area contributed by atoms with E-state index in [-0.39, 0.29) is 0 Å². The summed E-state index contributed by atoms with van der Waals surface area (Å²) in [5.41, 5.74) is 21.7. The summed E-state index contributed by atoms with van der Waals surface area (Å²) in [5.74, 6) is 0.686. The molecule has 0 fully saturated rings. The molecule has 0 amide bonds. The molecule has 348 valence electrons. The molecule has 1 aliphatic heterocycles. The number of fused-ring (bicyclic) bond motifs is 5. The van der Waals surface area contributed by atoms with Crippen LogP contribution in [0.3, 0.4) is 0 Å². The Bertz CT molecular complexity index is 3670. The maximum atomic E-state index is 5.49. The summed E-state index contributed by atoms with van der Waals surface area (Å²) in [6, 6.07) is 57.0. The first-order valence-corrected chi connectivity index (χ1v) is 25.4. The Labute approximate surface area is 423 Å². The summed E-state index contributed by atoms with van der Waals surface area (Å²) < 4.78 is 2.29. The smallest absolute Gasteiger partial charge is 0.146 e. The van der Waals surface area contributed by atoms with Gasteiger partial charge in [-0.2, -0.15) is 0 Å². The normalized spacial score (nSPS) is 15.9. The van der Waals surface area contributed by atoms with Crippen molar-refractivity contribution < 1.29 is 0 Å². The van der Waals surface area contributed by atoms with Crippen LogP contribution in [0.25, 0.3) is 73.5 Å². The zero-order valence-corrected chi connectivity index (χ0v) is 42.0. The molecule has 0 saturated heterocycles. The van der Waals surface area contributed by atoms with Gasteiger partial charge in [-0.1, -0.05) is 203 Å². The number of hydrogen-bond acceptors (Lipinski definition) is 4.